The number of ether oxygens (including phenoxy) is 2. The second kappa shape index (κ2) is 7.06. The monoisotopic (exact) mass is 321 g/mol. The van der Waals surface area contributed by atoms with E-state index in [1.165, 1.54) is 14.2 Å². The number of hydrogen-bond acceptors (Lipinski definition) is 5. The Bertz CT molecular complexity index is 588. The van der Waals surface area contributed by atoms with E-state index in [-0.39, 0.29) is 24.7 Å². The first-order valence-corrected chi connectivity index (χ1v) is 7.77. The molecule has 0 aliphatic carbocycles. The molecule has 0 amide bonds. The average molecular weight is 321 g/mol. The molecule has 0 fully saturated rings. The van der Waals surface area contributed by atoms with E-state index in [0.29, 0.717) is 0 Å². The van der Waals surface area contributed by atoms with Gasteiger partial charge in [-0.25, -0.2) is 12.8 Å². The zero-order valence-electron chi connectivity index (χ0n) is 12.5. The summed E-state index contributed by atoms with van der Waals surface area (Å²) in [7, 11) is -1.42. The first kappa shape index (κ1) is 17.7. The van der Waals surface area contributed by atoms with Crippen LogP contribution < -0.4 is 9.47 Å². The Morgan fingerprint density at radius 3 is 2.19 bits per heavy atom. The molecule has 21 heavy (non-hydrogen) atoms. The molecule has 0 unspecified atom stereocenters. The van der Waals surface area contributed by atoms with E-state index in [4.69, 9.17) is 14.6 Å². The maximum atomic E-state index is 14.1. The summed E-state index contributed by atoms with van der Waals surface area (Å²) in [5.74, 6) is -0.714. The normalized spacial score (nSPS) is 12.0. The van der Waals surface area contributed by atoms with Gasteiger partial charge in [0.25, 0.3) is 0 Å². The minimum absolute atomic E-state index is 0.104. The maximum absolute atomic E-state index is 14.1. The Kier molecular flexibility index (Phi) is 5.94. The van der Waals surface area contributed by atoms with Crippen LogP contribution in [0.3, 0.4) is 0 Å². The molecule has 0 radical (unpaired) electrons. The van der Waals surface area contributed by atoms with E-state index < -0.39 is 26.8 Å². The molecule has 0 spiro atoms. The lowest BCUT2D eigenvalue weighted by Crippen LogP contribution is -2.39. The zero-order valence-corrected chi connectivity index (χ0v) is 13.3. The van der Waals surface area contributed by atoms with Gasteiger partial charge in [-0.05, 0) is 13.8 Å². The summed E-state index contributed by atoms with van der Waals surface area (Å²) in [6.45, 7) is 2.82. The van der Waals surface area contributed by atoms with Crippen molar-refractivity contribution < 1.29 is 27.4 Å². The van der Waals surface area contributed by atoms with Gasteiger partial charge in [0.1, 0.15) is 10.7 Å². The number of methoxy groups -OCH3 is 2. The largest absolute Gasteiger partial charge is 0.493 e. The number of sulfonamides is 1. The molecule has 0 aromatic heterocycles. The van der Waals surface area contributed by atoms with Crippen molar-refractivity contribution in [3.05, 3.63) is 17.9 Å². The van der Waals surface area contributed by atoms with E-state index in [2.05, 4.69) is 0 Å². The first-order chi connectivity index (χ1) is 9.79. The maximum Gasteiger partial charge on any atom is 0.246 e. The van der Waals surface area contributed by atoms with Gasteiger partial charge in [0.15, 0.2) is 11.5 Å². The number of aliphatic hydroxyl groups is 1. The fraction of sp³-hybridized carbons (Fsp3) is 0.538. The standard InChI is InChI=1S/C13H20FNO5S/c1-9(2)15(5-6-16)21(17,18)13-8-12(20-4)11(19-3)7-10(13)14/h7-9,16H,5-6H2,1-4H3. The fourth-order valence-electron chi connectivity index (χ4n) is 1.91. The van der Waals surface area contributed by atoms with Crippen LogP contribution in [-0.4, -0.2) is 51.2 Å². The number of rotatable bonds is 7. The Morgan fingerprint density at radius 2 is 1.76 bits per heavy atom. The van der Waals surface area contributed by atoms with Crippen LogP contribution in [0.5, 0.6) is 11.5 Å². The van der Waals surface area contributed by atoms with Crippen LogP contribution in [0.4, 0.5) is 4.39 Å². The van der Waals surface area contributed by atoms with Gasteiger partial charge in [-0.3, -0.25) is 0 Å². The Balaban J connectivity index is 3.43. The lowest BCUT2D eigenvalue weighted by Gasteiger charge is -2.25. The second-order valence-corrected chi connectivity index (χ2v) is 6.43. The predicted molar refractivity (Wildman–Crippen MR) is 75.6 cm³/mol. The van der Waals surface area contributed by atoms with Crippen LogP contribution >= 0.6 is 0 Å². The molecule has 1 aromatic carbocycles. The zero-order chi connectivity index (χ0) is 16.2. The highest BCUT2D eigenvalue weighted by Crippen LogP contribution is 2.33. The number of benzene rings is 1. The van der Waals surface area contributed by atoms with Crippen molar-refractivity contribution in [3.63, 3.8) is 0 Å². The molecule has 8 heteroatoms. The molecular weight excluding hydrogens is 301 g/mol. The van der Waals surface area contributed by atoms with Crippen molar-refractivity contribution in [3.8, 4) is 11.5 Å². The molecule has 0 aliphatic rings. The van der Waals surface area contributed by atoms with Crippen molar-refractivity contribution in [1.29, 1.82) is 0 Å². The summed E-state index contributed by atoms with van der Waals surface area (Å²) < 4.78 is 50.1. The van der Waals surface area contributed by atoms with E-state index in [9.17, 15) is 12.8 Å². The number of halogens is 1. The molecule has 0 saturated carbocycles. The third-order valence-corrected chi connectivity index (χ3v) is 5.01. The molecule has 6 nitrogen and oxygen atoms in total. The van der Waals surface area contributed by atoms with Gasteiger partial charge in [0.05, 0.1) is 20.8 Å². The number of aliphatic hydroxyl groups excluding tert-OH is 1. The third-order valence-electron chi connectivity index (χ3n) is 2.92. The van der Waals surface area contributed by atoms with E-state index in [1.54, 1.807) is 13.8 Å². The van der Waals surface area contributed by atoms with Crippen LogP contribution in [0.1, 0.15) is 13.8 Å². The predicted octanol–water partition coefficient (Wildman–Crippen LogP) is 1.23. The Hall–Kier alpha value is -1.38. The summed E-state index contributed by atoms with van der Waals surface area (Å²) in [5.41, 5.74) is 0. The fourth-order valence-corrected chi connectivity index (χ4v) is 3.61. The van der Waals surface area contributed by atoms with Crippen LogP contribution in [-0.2, 0) is 10.0 Å². The Labute approximate surface area is 124 Å². The Morgan fingerprint density at radius 1 is 1.24 bits per heavy atom. The number of hydrogen-bond donors (Lipinski definition) is 1. The molecule has 1 N–H and O–H groups in total. The highest BCUT2D eigenvalue weighted by Gasteiger charge is 2.30. The lowest BCUT2D eigenvalue weighted by molar-refractivity contribution is 0.236. The van der Waals surface area contributed by atoms with Crippen molar-refractivity contribution in [2.75, 3.05) is 27.4 Å². The topological polar surface area (TPSA) is 76.1 Å². The summed E-state index contributed by atoms with van der Waals surface area (Å²) in [6.07, 6.45) is 0. The van der Waals surface area contributed by atoms with Gasteiger partial charge in [0, 0.05) is 24.7 Å². The van der Waals surface area contributed by atoms with Gasteiger partial charge >= 0.3 is 0 Å². The van der Waals surface area contributed by atoms with Gasteiger partial charge in [-0.2, -0.15) is 4.31 Å². The highest BCUT2D eigenvalue weighted by atomic mass is 32.2. The van der Waals surface area contributed by atoms with E-state index in [1.807, 2.05) is 0 Å². The molecule has 0 atom stereocenters. The minimum atomic E-state index is -4.09. The van der Waals surface area contributed by atoms with E-state index in [0.717, 1.165) is 16.4 Å². The summed E-state index contributed by atoms with van der Waals surface area (Å²) in [4.78, 5) is -0.512. The van der Waals surface area contributed by atoms with Crippen LogP contribution in [0.15, 0.2) is 17.0 Å². The summed E-state index contributed by atoms with van der Waals surface area (Å²) in [6, 6.07) is 1.62. The minimum Gasteiger partial charge on any atom is -0.493 e. The quantitative estimate of drug-likeness (QED) is 0.817. The highest BCUT2D eigenvalue weighted by molar-refractivity contribution is 7.89. The smallest absolute Gasteiger partial charge is 0.246 e. The average Bonchev–Trinajstić information content (AvgIpc) is 2.43. The van der Waals surface area contributed by atoms with Crippen LogP contribution in [0.2, 0.25) is 0 Å². The molecule has 1 aromatic rings. The molecular formula is C13H20FNO5S. The van der Waals surface area contributed by atoms with Crippen molar-refractivity contribution in [1.82, 2.24) is 4.31 Å². The summed E-state index contributed by atoms with van der Waals surface area (Å²) >= 11 is 0. The third kappa shape index (κ3) is 3.63. The molecule has 0 heterocycles. The van der Waals surface area contributed by atoms with Crippen molar-refractivity contribution in [2.24, 2.45) is 0 Å². The van der Waals surface area contributed by atoms with Crippen LogP contribution in [0, 0.1) is 5.82 Å². The lowest BCUT2D eigenvalue weighted by atomic mass is 10.3. The SMILES string of the molecule is COc1cc(F)c(S(=O)(=O)N(CCO)C(C)C)cc1OC. The van der Waals surface area contributed by atoms with Gasteiger partial charge in [0.2, 0.25) is 10.0 Å². The summed E-state index contributed by atoms with van der Waals surface area (Å²) in [5, 5.41) is 9.00. The van der Waals surface area contributed by atoms with Crippen LogP contribution in [0.25, 0.3) is 0 Å². The van der Waals surface area contributed by atoms with Gasteiger partial charge in [-0.1, -0.05) is 0 Å². The van der Waals surface area contributed by atoms with Crippen molar-refractivity contribution in [2.45, 2.75) is 24.8 Å². The molecule has 0 bridgehead atoms. The molecule has 0 saturated heterocycles. The molecule has 1 rings (SSSR count). The van der Waals surface area contributed by atoms with E-state index >= 15 is 0 Å². The second-order valence-electron chi connectivity index (χ2n) is 4.57. The molecule has 0 aliphatic heterocycles. The molecule has 120 valence electrons. The first-order valence-electron chi connectivity index (χ1n) is 6.33. The van der Waals surface area contributed by atoms with Crippen molar-refractivity contribution >= 4 is 10.0 Å². The van der Waals surface area contributed by atoms with Gasteiger partial charge in [-0.15, -0.1) is 0 Å². The number of nitrogens with zero attached hydrogens (tertiary/aromatic N) is 1. The van der Waals surface area contributed by atoms with Gasteiger partial charge < -0.3 is 14.6 Å².